The van der Waals surface area contributed by atoms with Crippen molar-refractivity contribution in [2.75, 3.05) is 65.3 Å². The first kappa shape index (κ1) is 47.3. The molecule has 5 aliphatic heterocycles. The molecule has 1 aromatic heterocycles. The highest BCUT2D eigenvalue weighted by molar-refractivity contribution is 7.23. The lowest BCUT2D eigenvalue weighted by molar-refractivity contribution is -0.130. The summed E-state index contributed by atoms with van der Waals surface area (Å²) >= 11 is 8.12. The molecule has 0 saturated carbocycles. The van der Waals surface area contributed by atoms with Crippen molar-refractivity contribution in [2.45, 2.75) is 49.0 Å². The van der Waals surface area contributed by atoms with E-state index >= 15 is 13.2 Å². The summed E-state index contributed by atoms with van der Waals surface area (Å²) in [5, 5.41) is 20.7. The number of likely N-dealkylation sites (N-methyl/N-ethyl adjacent to an activating group) is 1. The van der Waals surface area contributed by atoms with Gasteiger partial charge in [0.25, 0.3) is 0 Å². The summed E-state index contributed by atoms with van der Waals surface area (Å²) in [4.78, 5) is 29.0. The highest BCUT2D eigenvalue weighted by Crippen LogP contribution is 2.49. The third-order valence-electron chi connectivity index (χ3n) is 14.8. The fraction of sp³-hybridized carbons (Fsp3) is 0.309. The Morgan fingerprint density at radius 2 is 1.69 bits per heavy atom. The van der Waals surface area contributed by atoms with Crippen molar-refractivity contribution < 1.29 is 27.4 Å². The van der Waals surface area contributed by atoms with Crippen molar-refractivity contribution >= 4 is 49.8 Å². The van der Waals surface area contributed by atoms with Crippen molar-refractivity contribution in [1.29, 1.82) is 10.5 Å². The molecule has 0 radical (unpaired) electrons. The number of hydrogen-bond donors (Lipinski definition) is 1. The van der Waals surface area contributed by atoms with Gasteiger partial charge in [0.1, 0.15) is 54.7 Å². The quantitative estimate of drug-likeness (QED) is 0.0649. The van der Waals surface area contributed by atoms with Gasteiger partial charge in [0.2, 0.25) is 5.91 Å². The highest BCUT2D eigenvalue weighted by atomic mass is 35.5. The molecule has 6 aromatic rings. The largest absolute Gasteiger partial charge is 0.462 e. The number of ether oxygens (including phenoxy) is 2. The number of nitrogens with two attached hydrogens (primary N) is 1. The van der Waals surface area contributed by atoms with Crippen LogP contribution in [0.25, 0.3) is 27.0 Å². The number of amides is 1. The summed E-state index contributed by atoms with van der Waals surface area (Å²) in [5.41, 5.74) is 7.90. The van der Waals surface area contributed by atoms with Gasteiger partial charge in [-0.1, -0.05) is 109 Å². The molecule has 5 aliphatic rings. The number of hydrogen-bond acceptors (Lipinski definition) is 12. The van der Waals surface area contributed by atoms with Crippen molar-refractivity contribution in [1.82, 2.24) is 24.5 Å². The standard InChI is InChI=1S/C55H49ClF3N9O3S/c1-64(53(69)41-30-68(41)55(34-13-5-2-6-14-34,35-15-7-3-8-16-35)36-17-9-4-10-18-36)23-12-24-65-31-42(70-32-54-21-11-25-67(54)29-37(57)27-54)71-49-45-48(63-33-66(26-22-60)52(45)65)46(56)44(47(49)59)38-19-20-40(58)50-43(38)39(28-61)51(62)72-50/h2-10,13-20,31,37,41H,11-12,21,23-27,29-30,32-33,62H2,1H3/t37-,41-,54+,68?/m1/s1. The summed E-state index contributed by atoms with van der Waals surface area (Å²) in [6, 6.07) is 37.1. The average Bonchev–Trinajstić information content (AvgIpc) is 3.90. The molecule has 17 heteroatoms. The van der Waals surface area contributed by atoms with Crippen molar-refractivity contribution in [2.24, 2.45) is 4.99 Å². The maximum atomic E-state index is 17.9. The lowest BCUT2D eigenvalue weighted by atomic mass is 9.76. The SMILES string of the molecule is CN(CCCN1C=C(OC[C@@]23CCCN2C[C@H](F)C3)Oc2c(F)c(-c3ccc(F)c4sc(N)c(C#N)c34)c(Cl)c3c2=C1N(CC#N)CN=3)C(=O)[C@H]1CN1C(c1ccccc1)(c1ccccc1)c1ccccc1. The van der Waals surface area contributed by atoms with Crippen LogP contribution in [0.1, 0.15) is 47.9 Å². The van der Waals surface area contributed by atoms with Crippen LogP contribution >= 0.6 is 22.9 Å². The number of carbonyl (C=O) groups excluding carboxylic acids is 1. The van der Waals surface area contributed by atoms with Crippen molar-refractivity contribution in [3.05, 3.63) is 165 Å². The maximum absolute atomic E-state index is 17.9. The number of halogens is 4. The number of thiophene rings is 1. The second-order valence-electron chi connectivity index (χ2n) is 19.0. The van der Waals surface area contributed by atoms with E-state index in [0.717, 1.165) is 41.0 Å². The molecule has 1 unspecified atom stereocenters. The van der Waals surface area contributed by atoms with Gasteiger partial charge < -0.3 is 29.9 Å². The highest BCUT2D eigenvalue weighted by Gasteiger charge is 2.56. The van der Waals surface area contributed by atoms with Crippen LogP contribution in [0.4, 0.5) is 18.2 Å². The monoisotopic (exact) mass is 1010 g/mol. The van der Waals surface area contributed by atoms with E-state index in [-0.39, 0.29) is 97.8 Å². The number of nitriles is 2. The molecule has 0 bridgehead atoms. The fourth-order valence-corrected chi connectivity index (χ4v) is 12.9. The molecular formula is C55H49ClF3N9O3S. The van der Waals surface area contributed by atoms with Crippen LogP contribution in [0.5, 0.6) is 5.75 Å². The summed E-state index contributed by atoms with van der Waals surface area (Å²) in [6.45, 7) is 1.97. The van der Waals surface area contributed by atoms with E-state index in [1.165, 1.54) is 12.1 Å². The molecule has 2 N–H and O–H groups in total. The van der Waals surface area contributed by atoms with E-state index in [0.29, 0.717) is 38.3 Å². The number of anilines is 1. The maximum Gasteiger partial charge on any atom is 0.302 e. The first-order chi connectivity index (χ1) is 35.0. The first-order valence-corrected chi connectivity index (χ1v) is 25.2. The average molecular weight is 1010 g/mol. The molecule has 4 atom stereocenters. The number of rotatable bonds is 14. The first-order valence-electron chi connectivity index (χ1n) is 24.0. The lowest BCUT2D eigenvalue weighted by Crippen LogP contribution is -2.47. The van der Waals surface area contributed by atoms with Gasteiger partial charge in [0, 0.05) is 50.6 Å². The van der Waals surface area contributed by atoms with Gasteiger partial charge in [-0.05, 0) is 54.1 Å². The topological polar surface area (TPSA) is 137 Å². The minimum atomic E-state index is -1.03. The second kappa shape index (κ2) is 18.8. The van der Waals surface area contributed by atoms with Crippen LogP contribution in [0, 0.1) is 34.3 Å². The second-order valence-corrected chi connectivity index (χ2v) is 20.4. The Labute approximate surface area is 423 Å². The summed E-state index contributed by atoms with van der Waals surface area (Å²) in [6.07, 6.45) is 2.85. The lowest BCUT2D eigenvalue weighted by Gasteiger charge is -2.38. The molecule has 11 rings (SSSR count). The fourth-order valence-electron chi connectivity index (χ4n) is 11.6. The van der Waals surface area contributed by atoms with Gasteiger partial charge >= 0.3 is 5.95 Å². The zero-order valence-corrected chi connectivity index (χ0v) is 40.9. The summed E-state index contributed by atoms with van der Waals surface area (Å²) in [7, 11) is 1.79. The van der Waals surface area contributed by atoms with Crippen LogP contribution < -0.4 is 21.0 Å². The van der Waals surface area contributed by atoms with E-state index in [1.54, 1.807) is 23.0 Å². The van der Waals surface area contributed by atoms with Gasteiger partial charge in [-0.25, -0.2) is 13.2 Å². The van der Waals surface area contributed by atoms with E-state index in [4.69, 9.17) is 31.8 Å². The summed E-state index contributed by atoms with van der Waals surface area (Å²) < 4.78 is 61.4. The Morgan fingerprint density at radius 1 is 1.01 bits per heavy atom. The summed E-state index contributed by atoms with van der Waals surface area (Å²) in [5.74, 6) is -1.66. The minimum Gasteiger partial charge on any atom is -0.462 e. The van der Waals surface area contributed by atoms with E-state index in [9.17, 15) is 15.3 Å². The van der Waals surface area contributed by atoms with Gasteiger partial charge in [-0.2, -0.15) is 10.5 Å². The molecule has 6 heterocycles. The number of benzene rings is 5. The molecule has 0 spiro atoms. The number of alkyl halides is 1. The Balaban J connectivity index is 0.955. The Morgan fingerprint density at radius 3 is 2.35 bits per heavy atom. The van der Waals surface area contributed by atoms with Crippen LogP contribution in [0.15, 0.2) is 120 Å². The Kier molecular flexibility index (Phi) is 12.4. The number of fused-ring (bicyclic) bond motifs is 2. The molecule has 1 amide bonds. The molecule has 3 fully saturated rings. The molecule has 366 valence electrons. The molecule has 5 aromatic carbocycles. The van der Waals surface area contributed by atoms with E-state index in [2.05, 4.69) is 52.3 Å². The third kappa shape index (κ3) is 7.80. The van der Waals surface area contributed by atoms with Crippen LogP contribution in [0.2, 0.25) is 5.02 Å². The zero-order valence-electron chi connectivity index (χ0n) is 39.3. The predicted molar refractivity (Wildman–Crippen MR) is 269 cm³/mol. The van der Waals surface area contributed by atoms with Gasteiger partial charge in [-0.15, -0.1) is 11.3 Å². The third-order valence-corrected chi connectivity index (χ3v) is 16.2. The number of carbonyl (C=O) groups is 1. The molecule has 12 nitrogen and oxygen atoms in total. The molecule has 0 aliphatic carbocycles. The van der Waals surface area contributed by atoms with Gasteiger partial charge in [0.15, 0.2) is 11.6 Å². The van der Waals surface area contributed by atoms with E-state index in [1.807, 2.05) is 65.6 Å². The van der Waals surface area contributed by atoms with Gasteiger partial charge in [0.05, 0.1) is 49.2 Å². The number of nitrogen functional groups attached to an aromatic ring is 1. The Bertz CT molecular complexity index is 3270. The molecule has 3 saturated heterocycles. The van der Waals surface area contributed by atoms with Crippen molar-refractivity contribution in [3.8, 4) is 29.0 Å². The smallest absolute Gasteiger partial charge is 0.302 e. The van der Waals surface area contributed by atoms with Crippen molar-refractivity contribution in [3.63, 3.8) is 0 Å². The zero-order chi connectivity index (χ0) is 49.9. The van der Waals surface area contributed by atoms with Gasteiger partial charge in [-0.3, -0.25) is 19.6 Å². The van der Waals surface area contributed by atoms with E-state index < -0.39 is 34.9 Å². The predicted octanol–water partition coefficient (Wildman–Crippen LogP) is 8.05. The van der Waals surface area contributed by atoms with Crippen LogP contribution in [-0.2, 0) is 15.1 Å². The van der Waals surface area contributed by atoms with Crippen LogP contribution in [-0.4, -0.2) is 108 Å². The normalized spacial score (nSPS) is 21.2. The van der Waals surface area contributed by atoms with Crippen LogP contribution in [0.3, 0.4) is 0 Å². The molecular weight excluding hydrogens is 959 g/mol. The minimum absolute atomic E-state index is 0.0205. The Hall–Kier alpha value is -7.08. The molecule has 72 heavy (non-hydrogen) atoms. The number of nitrogens with zero attached hydrogens (tertiary/aromatic N) is 8.